The minimum atomic E-state index is -0.113. The van der Waals surface area contributed by atoms with Crippen molar-refractivity contribution in [3.63, 3.8) is 0 Å². The van der Waals surface area contributed by atoms with E-state index in [1.807, 2.05) is 24.3 Å². The van der Waals surface area contributed by atoms with Crippen LogP contribution in [0, 0.1) is 0 Å². The molecule has 22 heavy (non-hydrogen) atoms. The first-order chi connectivity index (χ1) is 10.2. The molecule has 1 aliphatic heterocycles. The number of nitrogens with one attached hydrogen (secondary N) is 2. The topological polar surface area (TPSA) is 59.0 Å². The van der Waals surface area contributed by atoms with Crippen molar-refractivity contribution in [3.8, 4) is 5.69 Å². The van der Waals surface area contributed by atoms with Crippen LogP contribution in [0.25, 0.3) is 5.69 Å². The lowest BCUT2D eigenvalue weighted by Crippen LogP contribution is -2.45. The Bertz CT molecular complexity index is 640. The molecule has 5 nitrogen and oxygen atoms in total. The number of hydrogen-bond donors (Lipinski definition) is 2. The highest BCUT2D eigenvalue weighted by atomic mass is 79.9. The second-order valence-corrected chi connectivity index (χ2v) is 6.06. The highest BCUT2D eigenvalue weighted by Crippen LogP contribution is 2.15. The van der Waals surface area contributed by atoms with Gasteiger partial charge in [0.1, 0.15) is 0 Å². The fraction of sp³-hybridized carbons (Fsp3) is 0.333. The molecule has 0 unspecified atom stereocenters. The number of rotatable bonds is 3. The first-order valence-electron chi connectivity index (χ1n) is 7.05. The van der Waals surface area contributed by atoms with Crippen molar-refractivity contribution >= 4 is 34.2 Å². The van der Waals surface area contributed by atoms with Crippen molar-refractivity contribution in [2.45, 2.75) is 18.9 Å². The van der Waals surface area contributed by atoms with Crippen LogP contribution in [0.3, 0.4) is 0 Å². The molecular formula is C15H18BrClN4O. The monoisotopic (exact) mass is 384 g/mol. The van der Waals surface area contributed by atoms with E-state index >= 15 is 0 Å². The van der Waals surface area contributed by atoms with Gasteiger partial charge in [-0.15, -0.1) is 12.4 Å². The van der Waals surface area contributed by atoms with Crippen molar-refractivity contribution in [1.82, 2.24) is 20.4 Å². The number of nitrogens with zero attached hydrogens (tertiary/aromatic N) is 2. The average molecular weight is 386 g/mol. The molecule has 1 aromatic carbocycles. The van der Waals surface area contributed by atoms with E-state index in [0.29, 0.717) is 5.69 Å². The maximum absolute atomic E-state index is 12.2. The summed E-state index contributed by atoms with van der Waals surface area (Å²) in [5.74, 6) is -0.113. The molecule has 1 aliphatic rings. The lowest BCUT2D eigenvalue weighted by atomic mass is 10.1. The van der Waals surface area contributed by atoms with E-state index in [-0.39, 0.29) is 24.4 Å². The lowest BCUT2D eigenvalue weighted by molar-refractivity contribution is 0.0925. The molecule has 7 heteroatoms. The minimum absolute atomic E-state index is 0. The third-order valence-corrected chi connectivity index (χ3v) is 4.02. The van der Waals surface area contributed by atoms with Crippen LogP contribution >= 0.6 is 28.3 Å². The van der Waals surface area contributed by atoms with Crippen LogP contribution in [0.15, 0.2) is 41.0 Å². The maximum atomic E-state index is 12.2. The van der Waals surface area contributed by atoms with Crippen LogP contribution in [-0.4, -0.2) is 34.8 Å². The van der Waals surface area contributed by atoms with Gasteiger partial charge in [-0.1, -0.05) is 22.0 Å². The van der Waals surface area contributed by atoms with Crippen LogP contribution in [0.4, 0.5) is 0 Å². The quantitative estimate of drug-likeness (QED) is 0.853. The van der Waals surface area contributed by atoms with E-state index in [1.54, 1.807) is 16.9 Å². The second kappa shape index (κ2) is 7.76. The number of aromatic nitrogens is 2. The summed E-state index contributed by atoms with van der Waals surface area (Å²) in [5, 5.41) is 10.7. The van der Waals surface area contributed by atoms with Gasteiger partial charge in [-0.05, 0) is 43.7 Å². The molecule has 1 atom stereocenters. The lowest BCUT2D eigenvalue weighted by Gasteiger charge is -2.23. The van der Waals surface area contributed by atoms with Gasteiger partial charge < -0.3 is 10.6 Å². The fourth-order valence-corrected chi connectivity index (χ4v) is 2.83. The molecule has 0 spiro atoms. The molecule has 2 aromatic rings. The molecule has 2 heterocycles. The number of carbonyl (C=O) groups excluding carboxylic acids is 1. The normalized spacial score (nSPS) is 17.6. The summed E-state index contributed by atoms with van der Waals surface area (Å²) in [5.41, 5.74) is 1.36. The zero-order valence-corrected chi connectivity index (χ0v) is 14.4. The number of hydrogen-bond acceptors (Lipinski definition) is 3. The smallest absolute Gasteiger partial charge is 0.272 e. The van der Waals surface area contributed by atoms with E-state index < -0.39 is 0 Å². The minimum Gasteiger partial charge on any atom is -0.347 e. The van der Waals surface area contributed by atoms with Gasteiger partial charge in [-0.3, -0.25) is 4.79 Å². The maximum Gasteiger partial charge on any atom is 0.272 e. The largest absolute Gasteiger partial charge is 0.347 e. The first-order valence-corrected chi connectivity index (χ1v) is 7.85. The molecule has 3 rings (SSSR count). The molecule has 1 aromatic heterocycles. The number of piperidine rings is 1. The van der Waals surface area contributed by atoms with Crippen LogP contribution < -0.4 is 10.6 Å². The van der Waals surface area contributed by atoms with Crippen LogP contribution in [-0.2, 0) is 0 Å². The molecule has 1 amide bonds. The second-order valence-electron chi connectivity index (χ2n) is 5.14. The molecule has 0 saturated carbocycles. The van der Waals surface area contributed by atoms with Crippen LogP contribution in [0.5, 0.6) is 0 Å². The molecule has 2 N–H and O–H groups in total. The van der Waals surface area contributed by atoms with Gasteiger partial charge >= 0.3 is 0 Å². The standard InChI is InChI=1S/C15H17BrN4O.ClH/c16-11-3-1-5-13(9-11)20-8-6-14(19-20)15(21)18-12-4-2-7-17-10-12;/h1,3,5-6,8-9,12,17H,2,4,7,10H2,(H,18,21);1H/t12-;/m0./s1. The predicted molar refractivity (Wildman–Crippen MR) is 91.9 cm³/mol. The number of amides is 1. The molecule has 1 saturated heterocycles. The number of halogens is 2. The van der Waals surface area contributed by atoms with Gasteiger partial charge in [-0.2, -0.15) is 5.10 Å². The SMILES string of the molecule is Cl.O=C(N[C@H]1CCCNC1)c1ccn(-c2cccc(Br)c2)n1. The zero-order valence-electron chi connectivity index (χ0n) is 12.0. The Morgan fingerprint density at radius 1 is 1.41 bits per heavy atom. The van der Waals surface area contributed by atoms with Gasteiger partial charge in [-0.25, -0.2) is 4.68 Å². The van der Waals surface area contributed by atoms with Crippen molar-refractivity contribution in [3.05, 3.63) is 46.7 Å². The summed E-state index contributed by atoms with van der Waals surface area (Å²) in [4.78, 5) is 12.2. The Morgan fingerprint density at radius 2 is 2.27 bits per heavy atom. The van der Waals surface area contributed by atoms with Gasteiger partial charge in [0.2, 0.25) is 0 Å². The van der Waals surface area contributed by atoms with Crippen molar-refractivity contribution in [2.75, 3.05) is 13.1 Å². The van der Waals surface area contributed by atoms with Crippen molar-refractivity contribution < 1.29 is 4.79 Å². The van der Waals surface area contributed by atoms with E-state index in [0.717, 1.165) is 36.1 Å². The van der Waals surface area contributed by atoms with Gasteiger partial charge in [0.25, 0.3) is 5.91 Å². The van der Waals surface area contributed by atoms with E-state index in [1.165, 1.54) is 0 Å². The van der Waals surface area contributed by atoms with Crippen LogP contribution in [0.1, 0.15) is 23.3 Å². The highest BCUT2D eigenvalue weighted by Gasteiger charge is 2.17. The number of benzene rings is 1. The molecule has 118 valence electrons. The molecule has 0 bridgehead atoms. The third kappa shape index (κ3) is 4.09. The molecular weight excluding hydrogens is 368 g/mol. The average Bonchev–Trinajstić information content (AvgIpc) is 2.98. The number of carbonyl (C=O) groups is 1. The third-order valence-electron chi connectivity index (χ3n) is 3.53. The van der Waals surface area contributed by atoms with Gasteiger partial charge in [0.05, 0.1) is 5.69 Å². The Hall–Kier alpha value is -1.37. The summed E-state index contributed by atoms with van der Waals surface area (Å²) in [6, 6.07) is 9.74. The van der Waals surface area contributed by atoms with Gasteiger partial charge in [0, 0.05) is 23.3 Å². The summed E-state index contributed by atoms with van der Waals surface area (Å²) in [7, 11) is 0. The Labute approximate surface area is 144 Å². The molecule has 0 radical (unpaired) electrons. The van der Waals surface area contributed by atoms with E-state index in [9.17, 15) is 4.79 Å². The van der Waals surface area contributed by atoms with E-state index in [2.05, 4.69) is 31.7 Å². The summed E-state index contributed by atoms with van der Waals surface area (Å²) < 4.78 is 2.69. The Balaban J connectivity index is 0.00000176. The molecule has 1 fully saturated rings. The molecule has 0 aliphatic carbocycles. The summed E-state index contributed by atoms with van der Waals surface area (Å²) in [6.07, 6.45) is 3.91. The van der Waals surface area contributed by atoms with Gasteiger partial charge in [0.15, 0.2) is 5.69 Å². The summed E-state index contributed by atoms with van der Waals surface area (Å²) in [6.45, 7) is 1.86. The van der Waals surface area contributed by atoms with Crippen LogP contribution in [0.2, 0.25) is 0 Å². The first kappa shape index (κ1) is 17.0. The Kier molecular flexibility index (Phi) is 5.99. The van der Waals surface area contributed by atoms with E-state index in [4.69, 9.17) is 0 Å². The van der Waals surface area contributed by atoms with Crippen molar-refractivity contribution in [2.24, 2.45) is 0 Å². The highest BCUT2D eigenvalue weighted by molar-refractivity contribution is 9.10. The van der Waals surface area contributed by atoms with Crippen molar-refractivity contribution in [1.29, 1.82) is 0 Å². The summed E-state index contributed by atoms with van der Waals surface area (Å²) >= 11 is 3.43. The fourth-order valence-electron chi connectivity index (χ4n) is 2.44. The zero-order chi connectivity index (χ0) is 14.7. The Morgan fingerprint density at radius 3 is 3.00 bits per heavy atom. The predicted octanol–water partition coefficient (Wildman–Crippen LogP) is 2.54.